The average molecular weight is 399 g/mol. The van der Waals surface area contributed by atoms with E-state index in [1.54, 1.807) is 40.9 Å². The number of benzene rings is 1. The zero-order valence-corrected chi connectivity index (χ0v) is 16.6. The molecule has 28 heavy (non-hydrogen) atoms. The van der Waals surface area contributed by atoms with Gasteiger partial charge in [-0.3, -0.25) is 4.79 Å². The van der Waals surface area contributed by atoms with Gasteiger partial charge >= 0.3 is 0 Å². The average Bonchev–Trinajstić information content (AvgIpc) is 3.13. The maximum Gasteiger partial charge on any atom is 0.259 e. The molecule has 1 aliphatic rings. The minimum atomic E-state index is -3.59. The molecule has 1 amide bonds. The van der Waals surface area contributed by atoms with E-state index in [0.29, 0.717) is 29.2 Å². The summed E-state index contributed by atoms with van der Waals surface area (Å²) in [6.45, 7) is 4.84. The van der Waals surface area contributed by atoms with Crippen molar-refractivity contribution in [3.05, 3.63) is 59.5 Å². The summed E-state index contributed by atoms with van der Waals surface area (Å²) in [5.41, 5.74) is 2.55. The molecule has 0 spiro atoms. The van der Waals surface area contributed by atoms with Gasteiger partial charge in [-0.1, -0.05) is 12.1 Å². The maximum atomic E-state index is 13.0. The van der Waals surface area contributed by atoms with Gasteiger partial charge in [-0.15, -0.1) is 0 Å². The number of rotatable bonds is 3. The molecule has 8 nitrogen and oxygen atoms in total. The molecule has 1 saturated heterocycles. The van der Waals surface area contributed by atoms with Crippen molar-refractivity contribution in [3.8, 4) is 0 Å². The van der Waals surface area contributed by atoms with Crippen LogP contribution in [0.3, 0.4) is 0 Å². The highest BCUT2D eigenvalue weighted by atomic mass is 32.2. The Kier molecular flexibility index (Phi) is 4.64. The molecule has 3 aromatic rings. The van der Waals surface area contributed by atoms with Crippen LogP contribution in [0.5, 0.6) is 0 Å². The van der Waals surface area contributed by atoms with Crippen molar-refractivity contribution in [1.82, 2.24) is 23.8 Å². The van der Waals surface area contributed by atoms with E-state index in [1.807, 2.05) is 19.1 Å². The van der Waals surface area contributed by atoms with Crippen molar-refractivity contribution in [1.29, 1.82) is 0 Å². The van der Waals surface area contributed by atoms with Crippen LogP contribution in [-0.2, 0) is 10.0 Å². The Morgan fingerprint density at radius 3 is 2.61 bits per heavy atom. The largest absolute Gasteiger partial charge is 0.336 e. The summed E-state index contributed by atoms with van der Waals surface area (Å²) in [5, 5.41) is 4.15. The van der Waals surface area contributed by atoms with Crippen molar-refractivity contribution in [2.45, 2.75) is 18.7 Å². The fourth-order valence-corrected chi connectivity index (χ4v) is 5.14. The van der Waals surface area contributed by atoms with Crippen LogP contribution in [0.1, 0.15) is 21.5 Å². The molecule has 0 bridgehead atoms. The monoisotopic (exact) mass is 399 g/mol. The third-order valence-electron chi connectivity index (χ3n) is 5.00. The zero-order valence-electron chi connectivity index (χ0n) is 15.7. The molecule has 9 heteroatoms. The lowest BCUT2D eigenvalue weighted by atomic mass is 10.2. The Morgan fingerprint density at radius 2 is 1.86 bits per heavy atom. The van der Waals surface area contributed by atoms with Gasteiger partial charge in [-0.2, -0.15) is 9.40 Å². The number of hydrogen-bond acceptors (Lipinski definition) is 5. The van der Waals surface area contributed by atoms with Gasteiger partial charge in [-0.25, -0.2) is 17.9 Å². The van der Waals surface area contributed by atoms with Crippen molar-refractivity contribution in [2.24, 2.45) is 0 Å². The van der Waals surface area contributed by atoms with Crippen molar-refractivity contribution in [2.75, 3.05) is 26.2 Å². The molecule has 0 radical (unpaired) electrons. The van der Waals surface area contributed by atoms with E-state index in [-0.39, 0.29) is 19.0 Å². The number of carbonyl (C=O) groups is 1. The van der Waals surface area contributed by atoms with Gasteiger partial charge in [0.2, 0.25) is 10.0 Å². The normalized spacial score (nSPS) is 15.9. The van der Waals surface area contributed by atoms with E-state index in [2.05, 4.69) is 10.1 Å². The number of carbonyl (C=O) groups excluding carboxylic acids is 1. The number of aryl methyl sites for hydroxylation is 2. The maximum absolute atomic E-state index is 13.0. The van der Waals surface area contributed by atoms with E-state index in [1.165, 1.54) is 10.5 Å². The summed E-state index contributed by atoms with van der Waals surface area (Å²) >= 11 is 0. The van der Waals surface area contributed by atoms with Gasteiger partial charge in [0.1, 0.15) is 5.56 Å². The molecule has 0 N–H and O–H groups in total. The Bertz CT molecular complexity index is 1150. The SMILES string of the molecule is Cc1ccc(C)c(S(=O)(=O)N2CCN(C(=O)c3cnn4cccnc34)CC2)c1. The number of hydrogen-bond donors (Lipinski definition) is 0. The molecule has 1 aromatic carbocycles. The molecule has 2 aromatic heterocycles. The Hall–Kier alpha value is -2.78. The number of fused-ring (bicyclic) bond motifs is 1. The third kappa shape index (κ3) is 3.16. The second kappa shape index (κ2) is 6.99. The number of piperazine rings is 1. The molecular formula is C19H21N5O3S. The fourth-order valence-electron chi connectivity index (χ4n) is 3.40. The summed E-state index contributed by atoms with van der Waals surface area (Å²) in [7, 11) is -3.59. The molecular weight excluding hydrogens is 378 g/mol. The third-order valence-corrected chi connectivity index (χ3v) is 7.04. The number of amides is 1. The van der Waals surface area contributed by atoms with Crippen molar-refractivity contribution >= 4 is 21.6 Å². The van der Waals surface area contributed by atoms with Crippen LogP contribution < -0.4 is 0 Å². The topological polar surface area (TPSA) is 87.9 Å². The predicted molar refractivity (Wildman–Crippen MR) is 104 cm³/mol. The minimum Gasteiger partial charge on any atom is -0.336 e. The van der Waals surface area contributed by atoms with Crippen LogP contribution in [0.25, 0.3) is 5.65 Å². The molecule has 0 saturated carbocycles. The van der Waals surface area contributed by atoms with Gasteiger partial charge in [-0.05, 0) is 37.1 Å². The van der Waals surface area contributed by atoms with Gasteiger partial charge in [0, 0.05) is 38.6 Å². The Balaban J connectivity index is 1.51. The zero-order chi connectivity index (χ0) is 19.9. The van der Waals surface area contributed by atoms with Gasteiger partial charge in [0.15, 0.2) is 5.65 Å². The predicted octanol–water partition coefficient (Wildman–Crippen LogP) is 1.49. The molecule has 0 unspecified atom stereocenters. The van der Waals surface area contributed by atoms with E-state index < -0.39 is 10.0 Å². The van der Waals surface area contributed by atoms with Gasteiger partial charge in [0.25, 0.3) is 5.91 Å². The summed E-state index contributed by atoms with van der Waals surface area (Å²) in [6, 6.07) is 7.16. The first-order chi connectivity index (χ1) is 13.4. The second-order valence-electron chi connectivity index (χ2n) is 6.91. The van der Waals surface area contributed by atoms with E-state index in [4.69, 9.17) is 0 Å². The van der Waals surface area contributed by atoms with Crippen molar-refractivity contribution < 1.29 is 13.2 Å². The summed E-state index contributed by atoms with van der Waals surface area (Å²) < 4.78 is 29.1. The second-order valence-corrected chi connectivity index (χ2v) is 8.82. The van der Waals surface area contributed by atoms with Crippen LogP contribution in [0.2, 0.25) is 0 Å². The van der Waals surface area contributed by atoms with Crippen LogP contribution in [0.15, 0.2) is 47.8 Å². The van der Waals surface area contributed by atoms with E-state index >= 15 is 0 Å². The highest BCUT2D eigenvalue weighted by molar-refractivity contribution is 7.89. The lowest BCUT2D eigenvalue weighted by molar-refractivity contribution is 0.0699. The summed E-state index contributed by atoms with van der Waals surface area (Å²) in [6.07, 6.45) is 4.85. The number of nitrogens with zero attached hydrogens (tertiary/aromatic N) is 5. The molecule has 1 aliphatic heterocycles. The van der Waals surface area contributed by atoms with Crippen LogP contribution in [0.4, 0.5) is 0 Å². The first kappa shape index (κ1) is 18.6. The molecule has 1 fully saturated rings. The lowest BCUT2D eigenvalue weighted by Crippen LogP contribution is -2.50. The van der Waals surface area contributed by atoms with Crippen LogP contribution >= 0.6 is 0 Å². The highest BCUT2D eigenvalue weighted by Crippen LogP contribution is 2.23. The van der Waals surface area contributed by atoms with E-state index in [0.717, 1.165) is 11.1 Å². The highest BCUT2D eigenvalue weighted by Gasteiger charge is 2.32. The van der Waals surface area contributed by atoms with Gasteiger partial charge < -0.3 is 4.90 Å². The molecule has 3 heterocycles. The standard InChI is InChI=1S/C19H21N5O3S/c1-14-4-5-15(2)17(12-14)28(26,27)23-10-8-22(9-11-23)19(25)16-13-21-24-7-3-6-20-18(16)24/h3-7,12-13H,8-11H2,1-2H3. The number of sulfonamides is 1. The molecule has 4 rings (SSSR count). The fraction of sp³-hybridized carbons (Fsp3) is 0.316. The molecule has 146 valence electrons. The van der Waals surface area contributed by atoms with Gasteiger partial charge in [0.05, 0.1) is 11.1 Å². The first-order valence-corrected chi connectivity index (χ1v) is 10.5. The summed E-state index contributed by atoms with van der Waals surface area (Å²) in [4.78, 5) is 19.1. The van der Waals surface area contributed by atoms with Crippen molar-refractivity contribution in [3.63, 3.8) is 0 Å². The van der Waals surface area contributed by atoms with Crippen LogP contribution in [0, 0.1) is 13.8 Å². The summed E-state index contributed by atoms with van der Waals surface area (Å²) in [5.74, 6) is -0.183. The molecule has 0 atom stereocenters. The van der Waals surface area contributed by atoms with Crippen LogP contribution in [-0.4, -0.2) is 64.3 Å². The van der Waals surface area contributed by atoms with E-state index in [9.17, 15) is 13.2 Å². The Morgan fingerprint density at radius 1 is 1.11 bits per heavy atom. The number of aromatic nitrogens is 3. The smallest absolute Gasteiger partial charge is 0.259 e. The Labute approximate surface area is 163 Å². The lowest BCUT2D eigenvalue weighted by Gasteiger charge is -2.34. The molecule has 0 aliphatic carbocycles. The quantitative estimate of drug-likeness (QED) is 0.666. The minimum absolute atomic E-state index is 0.183. The first-order valence-electron chi connectivity index (χ1n) is 9.03.